The second kappa shape index (κ2) is 7.59. The van der Waals surface area contributed by atoms with Gasteiger partial charge in [0, 0.05) is 31.3 Å². The molecule has 0 aliphatic carbocycles. The van der Waals surface area contributed by atoms with Crippen molar-refractivity contribution in [2.24, 2.45) is 7.05 Å². The largest absolute Gasteiger partial charge is 0.416 e. The predicted octanol–water partition coefficient (Wildman–Crippen LogP) is 4.01. The Hall–Kier alpha value is -2.94. The van der Waals surface area contributed by atoms with E-state index < -0.39 is 17.6 Å². The molecule has 0 radical (unpaired) electrons. The molecule has 1 amide bonds. The zero-order valence-electron chi connectivity index (χ0n) is 15.0. The van der Waals surface area contributed by atoms with Gasteiger partial charge in [0.15, 0.2) is 0 Å². The van der Waals surface area contributed by atoms with Gasteiger partial charge >= 0.3 is 6.18 Å². The number of halogens is 3. The summed E-state index contributed by atoms with van der Waals surface area (Å²) in [5.74, 6) is -0.449. The van der Waals surface area contributed by atoms with E-state index in [4.69, 9.17) is 0 Å². The maximum atomic E-state index is 12.8. The first-order valence-corrected chi connectivity index (χ1v) is 9.05. The van der Waals surface area contributed by atoms with Crippen LogP contribution in [0.4, 0.5) is 18.2 Å². The van der Waals surface area contributed by atoms with E-state index in [0.29, 0.717) is 21.3 Å². The number of alkyl halides is 3. The quantitative estimate of drug-likeness (QED) is 0.711. The first-order valence-electron chi connectivity index (χ1n) is 8.24. The van der Waals surface area contributed by atoms with Gasteiger partial charge in [-0.25, -0.2) is 4.98 Å². The Bertz CT molecular complexity index is 1090. The first kappa shape index (κ1) is 19.8. The van der Waals surface area contributed by atoms with Crippen LogP contribution in [0.1, 0.15) is 32.2 Å². The SMILES string of the molecule is Cc1nc(Cc2cccc(C(F)(F)F)c2)sc1NC(=O)c1ccn(C)c(=O)c1. The second-order valence-corrected chi connectivity index (χ2v) is 7.30. The van der Waals surface area contributed by atoms with Crippen molar-refractivity contribution in [1.29, 1.82) is 0 Å². The summed E-state index contributed by atoms with van der Waals surface area (Å²) in [5.41, 5.74) is 0.240. The standard InChI is InChI=1S/C19H16F3N3O2S/c1-11-18(24-17(27)13-6-7-25(2)16(26)10-13)28-15(23-11)9-12-4-3-5-14(8-12)19(20,21)22/h3-8,10H,9H2,1-2H3,(H,24,27). The fourth-order valence-corrected chi connectivity index (χ4v) is 3.54. The van der Waals surface area contributed by atoms with Gasteiger partial charge in [-0.2, -0.15) is 13.2 Å². The number of rotatable bonds is 4. The fourth-order valence-electron chi connectivity index (χ4n) is 2.54. The Morgan fingerprint density at radius 2 is 2.00 bits per heavy atom. The lowest BCUT2D eigenvalue weighted by atomic mass is 10.1. The van der Waals surface area contributed by atoms with Crippen molar-refractivity contribution in [3.05, 3.63) is 80.3 Å². The maximum absolute atomic E-state index is 12.8. The third kappa shape index (κ3) is 4.48. The summed E-state index contributed by atoms with van der Waals surface area (Å²) < 4.78 is 39.9. The van der Waals surface area contributed by atoms with Gasteiger partial charge in [0.25, 0.3) is 11.5 Å². The van der Waals surface area contributed by atoms with Crippen molar-refractivity contribution in [2.75, 3.05) is 5.32 Å². The van der Waals surface area contributed by atoms with Gasteiger partial charge in [-0.1, -0.05) is 18.2 Å². The number of nitrogens with one attached hydrogen (secondary N) is 1. The number of hydrogen-bond donors (Lipinski definition) is 1. The predicted molar refractivity (Wildman–Crippen MR) is 101 cm³/mol. The molecule has 0 saturated heterocycles. The number of amides is 1. The van der Waals surface area contributed by atoms with Crippen molar-refractivity contribution in [3.63, 3.8) is 0 Å². The van der Waals surface area contributed by atoms with Crippen molar-refractivity contribution in [1.82, 2.24) is 9.55 Å². The van der Waals surface area contributed by atoms with Crippen LogP contribution >= 0.6 is 11.3 Å². The Morgan fingerprint density at radius 3 is 2.68 bits per heavy atom. The van der Waals surface area contributed by atoms with Gasteiger partial charge in [-0.3, -0.25) is 9.59 Å². The number of thiazole rings is 1. The number of pyridine rings is 1. The molecule has 0 unspecified atom stereocenters. The summed E-state index contributed by atoms with van der Waals surface area (Å²) in [6.45, 7) is 1.70. The van der Waals surface area contributed by atoms with Crippen molar-refractivity contribution in [2.45, 2.75) is 19.5 Å². The minimum absolute atomic E-state index is 0.218. The summed E-state index contributed by atoms with van der Waals surface area (Å²) in [7, 11) is 1.58. The lowest BCUT2D eigenvalue weighted by Crippen LogP contribution is -2.19. The van der Waals surface area contributed by atoms with Crippen LogP contribution in [-0.4, -0.2) is 15.5 Å². The molecule has 9 heteroatoms. The molecular weight excluding hydrogens is 391 g/mol. The van der Waals surface area contributed by atoms with E-state index in [1.807, 2.05) is 0 Å². The van der Waals surface area contributed by atoms with E-state index in [1.54, 1.807) is 20.0 Å². The van der Waals surface area contributed by atoms with Crippen molar-refractivity contribution in [3.8, 4) is 0 Å². The Morgan fingerprint density at radius 1 is 1.25 bits per heavy atom. The van der Waals surface area contributed by atoms with E-state index in [-0.39, 0.29) is 17.5 Å². The van der Waals surface area contributed by atoms with Gasteiger partial charge in [0.1, 0.15) is 5.00 Å². The van der Waals surface area contributed by atoms with Crippen LogP contribution in [0.25, 0.3) is 0 Å². The van der Waals surface area contributed by atoms with Crippen LogP contribution in [0.3, 0.4) is 0 Å². The third-order valence-electron chi connectivity index (χ3n) is 4.04. The number of anilines is 1. The molecule has 0 bridgehead atoms. The number of carbonyl (C=O) groups is 1. The highest BCUT2D eigenvalue weighted by atomic mass is 32.1. The number of aryl methyl sites for hydroxylation is 2. The molecule has 2 heterocycles. The number of carbonyl (C=O) groups excluding carboxylic acids is 1. The second-order valence-electron chi connectivity index (χ2n) is 6.22. The lowest BCUT2D eigenvalue weighted by Gasteiger charge is -2.07. The van der Waals surface area contributed by atoms with Crippen LogP contribution in [0.2, 0.25) is 0 Å². The van der Waals surface area contributed by atoms with Crippen LogP contribution < -0.4 is 10.9 Å². The molecule has 1 N–H and O–H groups in total. The molecule has 0 aliphatic heterocycles. The molecule has 3 aromatic rings. The average molecular weight is 407 g/mol. The minimum Gasteiger partial charge on any atom is -0.319 e. The van der Waals surface area contributed by atoms with E-state index in [2.05, 4.69) is 10.3 Å². The molecule has 146 valence electrons. The normalized spacial score (nSPS) is 11.5. The molecule has 0 fully saturated rings. The molecule has 3 rings (SSSR count). The fraction of sp³-hybridized carbons (Fsp3) is 0.211. The Balaban J connectivity index is 1.77. The maximum Gasteiger partial charge on any atom is 0.416 e. The number of hydrogen-bond acceptors (Lipinski definition) is 4. The third-order valence-corrected chi connectivity index (χ3v) is 5.12. The molecule has 0 spiro atoms. The monoisotopic (exact) mass is 407 g/mol. The van der Waals surface area contributed by atoms with Crippen LogP contribution in [0, 0.1) is 6.92 Å². The highest BCUT2D eigenvalue weighted by Crippen LogP contribution is 2.31. The Labute approximate surface area is 162 Å². The summed E-state index contributed by atoms with van der Waals surface area (Å²) >= 11 is 1.19. The molecule has 28 heavy (non-hydrogen) atoms. The van der Waals surface area contributed by atoms with Gasteiger partial charge in [-0.05, 0) is 24.6 Å². The lowest BCUT2D eigenvalue weighted by molar-refractivity contribution is -0.137. The van der Waals surface area contributed by atoms with E-state index >= 15 is 0 Å². The first-order chi connectivity index (χ1) is 13.1. The van der Waals surface area contributed by atoms with Gasteiger partial charge < -0.3 is 9.88 Å². The molecule has 0 aliphatic rings. The molecule has 2 aromatic heterocycles. The minimum atomic E-state index is -4.40. The molecule has 5 nitrogen and oxygen atoms in total. The van der Waals surface area contributed by atoms with Crippen molar-refractivity contribution >= 4 is 22.2 Å². The molecule has 0 saturated carbocycles. The smallest absolute Gasteiger partial charge is 0.319 e. The van der Waals surface area contributed by atoms with E-state index in [0.717, 1.165) is 12.1 Å². The zero-order chi connectivity index (χ0) is 20.5. The highest BCUT2D eigenvalue weighted by molar-refractivity contribution is 7.16. The van der Waals surface area contributed by atoms with Crippen LogP contribution in [0.5, 0.6) is 0 Å². The van der Waals surface area contributed by atoms with E-state index in [1.165, 1.54) is 40.3 Å². The van der Waals surface area contributed by atoms with Gasteiger partial charge in [-0.15, -0.1) is 11.3 Å². The van der Waals surface area contributed by atoms with Crippen LogP contribution in [0.15, 0.2) is 47.4 Å². The zero-order valence-corrected chi connectivity index (χ0v) is 15.8. The molecule has 1 aromatic carbocycles. The number of aromatic nitrogens is 2. The summed E-state index contributed by atoms with van der Waals surface area (Å²) in [6, 6.07) is 7.83. The van der Waals surface area contributed by atoms with Gasteiger partial charge in [0.05, 0.1) is 16.3 Å². The molecule has 0 atom stereocenters. The topological polar surface area (TPSA) is 64.0 Å². The summed E-state index contributed by atoms with van der Waals surface area (Å²) in [5, 5.41) is 3.78. The van der Waals surface area contributed by atoms with E-state index in [9.17, 15) is 22.8 Å². The van der Waals surface area contributed by atoms with Gasteiger partial charge in [0.2, 0.25) is 0 Å². The summed E-state index contributed by atoms with van der Waals surface area (Å²) in [6.07, 6.45) is -2.69. The Kier molecular flexibility index (Phi) is 5.37. The van der Waals surface area contributed by atoms with Crippen molar-refractivity contribution < 1.29 is 18.0 Å². The van der Waals surface area contributed by atoms with Crippen LogP contribution in [-0.2, 0) is 19.6 Å². The average Bonchev–Trinajstić information content (AvgIpc) is 2.95. The number of nitrogens with zero attached hydrogens (tertiary/aromatic N) is 2. The molecular formula is C19H16F3N3O2S. The highest BCUT2D eigenvalue weighted by Gasteiger charge is 2.30. The summed E-state index contributed by atoms with van der Waals surface area (Å²) in [4.78, 5) is 28.3. The number of benzene rings is 1.